The van der Waals surface area contributed by atoms with Crippen LogP contribution in [0.5, 0.6) is 0 Å². The van der Waals surface area contributed by atoms with E-state index in [1.807, 2.05) is 13.0 Å². The highest BCUT2D eigenvalue weighted by molar-refractivity contribution is 4.98. The summed E-state index contributed by atoms with van der Waals surface area (Å²) in [6, 6.07) is 0.416. The van der Waals surface area contributed by atoms with Gasteiger partial charge < -0.3 is 10.3 Å². The van der Waals surface area contributed by atoms with Crippen LogP contribution in [-0.4, -0.2) is 20.8 Å². The highest BCUT2D eigenvalue weighted by atomic mass is 15.3. The lowest BCUT2D eigenvalue weighted by Crippen LogP contribution is -2.27. The second kappa shape index (κ2) is 5.45. The van der Waals surface area contributed by atoms with Gasteiger partial charge in [-0.3, -0.25) is 0 Å². The molecule has 94 valence electrons. The molecule has 1 aliphatic rings. The summed E-state index contributed by atoms with van der Waals surface area (Å²) in [6.45, 7) is 6.58. The molecule has 17 heavy (non-hydrogen) atoms. The van der Waals surface area contributed by atoms with Gasteiger partial charge >= 0.3 is 0 Å². The maximum absolute atomic E-state index is 5.93. The molecule has 0 aromatic carbocycles. The third-order valence-corrected chi connectivity index (χ3v) is 3.69. The molecule has 0 atom stereocenters. The predicted octanol–water partition coefficient (Wildman–Crippen LogP) is 1.83. The molecule has 0 bridgehead atoms. The molecule has 1 aromatic rings. The molecule has 0 aliphatic heterocycles. The van der Waals surface area contributed by atoms with E-state index < -0.39 is 0 Å². The SMILES string of the molecule is C=CCn1c(C)nnc1CC1CCC(N)CC1. The number of aromatic nitrogens is 3. The fourth-order valence-corrected chi connectivity index (χ4v) is 2.59. The van der Waals surface area contributed by atoms with Gasteiger partial charge in [-0.1, -0.05) is 6.08 Å². The summed E-state index contributed by atoms with van der Waals surface area (Å²) in [5.41, 5.74) is 5.93. The van der Waals surface area contributed by atoms with Crippen LogP contribution >= 0.6 is 0 Å². The van der Waals surface area contributed by atoms with Gasteiger partial charge in [-0.2, -0.15) is 0 Å². The van der Waals surface area contributed by atoms with E-state index >= 15 is 0 Å². The van der Waals surface area contributed by atoms with E-state index in [9.17, 15) is 0 Å². The minimum absolute atomic E-state index is 0.416. The first-order valence-corrected chi connectivity index (χ1v) is 6.46. The average Bonchev–Trinajstić information content (AvgIpc) is 2.65. The van der Waals surface area contributed by atoms with Crippen molar-refractivity contribution in [2.24, 2.45) is 11.7 Å². The lowest BCUT2D eigenvalue weighted by atomic mass is 9.84. The van der Waals surface area contributed by atoms with E-state index in [1.165, 1.54) is 12.8 Å². The minimum atomic E-state index is 0.416. The van der Waals surface area contributed by atoms with Crippen molar-refractivity contribution in [2.45, 2.75) is 51.6 Å². The largest absolute Gasteiger partial charge is 0.328 e. The molecule has 0 spiro atoms. The van der Waals surface area contributed by atoms with Crippen LogP contribution in [0.2, 0.25) is 0 Å². The molecule has 0 radical (unpaired) electrons. The van der Waals surface area contributed by atoms with E-state index in [4.69, 9.17) is 5.73 Å². The van der Waals surface area contributed by atoms with Crippen LogP contribution in [-0.2, 0) is 13.0 Å². The number of nitrogens with zero attached hydrogens (tertiary/aromatic N) is 3. The van der Waals surface area contributed by atoms with Gasteiger partial charge in [0.1, 0.15) is 11.6 Å². The predicted molar refractivity (Wildman–Crippen MR) is 68.6 cm³/mol. The zero-order valence-electron chi connectivity index (χ0n) is 10.6. The summed E-state index contributed by atoms with van der Waals surface area (Å²) in [6.07, 6.45) is 7.68. The van der Waals surface area contributed by atoms with Crippen LogP contribution in [0.3, 0.4) is 0 Å². The molecule has 2 N–H and O–H groups in total. The zero-order chi connectivity index (χ0) is 12.3. The molecule has 4 nitrogen and oxygen atoms in total. The highest BCUT2D eigenvalue weighted by Gasteiger charge is 2.21. The normalized spacial score (nSPS) is 24.8. The van der Waals surface area contributed by atoms with Crippen LogP contribution in [0, 0.1) is 12.8 Å². The van der Waals surface area contributed by atoms with Gasteiger partial charge in [0.15, 0.2) is 0 Å². The van der Waals surface area contributed by atoms with Crippen molar-refractivity contribution < 1.29 is 0 Å². The molecule has 1 aliphatic carbocycles. The zero-order valence-corrected chi connectivity index (χ0v) is 10.6. The van der Waals surface area contributed by atoms with Gasteiger partial charge in [0.2, 0.25) is 0 Å². The summed E-state index contributed by atoms with van der Waals surface area (Å²) >= 11 is 0. The van der Waals surface area contributed by atoms with Gasteiger partial charge in [-0.05, 0) is 38.5 Å². The fraction of sp³-hybridized carbons (Fsp3) is 0.692. The fourth-order valence-electron chi connectivity index (χ4n) is 2.59. The maximum atomic E-state index is 5.93. The van der Waals surface area contributed by atoms with Gasteiger partial charge in [-0.15, -0.1) is 16.8 Å². The Bertz CT molecular complexity index is 375. The Labute approximate surface area is 103 Å². The van der Waals surface area contributed by atoms with E-state index in [2.05, 4.69) is 21.3 Å². The van der Waals surface area contributed by atoms with Crippen molar-refractivity contribution in [3.8, 4) is 0 Å². The Hall–Kier alpha value is -1.16. The van der Waals surface area contributed by atoms with Crippen molar-refractivity contribution in [3.63, 3.8) is 0 Å². The summed E-state index contributed by atoms with van der Waals surface area (Å²) in [5.74, 6) is 2.80. The van der Waals surface area contributed by atoms with Crippen LogP contribution in [0.4, 0.5) is 0 Å². The Balaban J connectivity index is 2.00. The average molecular weight is 234 g/mol. The van der Waals surface area contributed by atoms with Crippen LogP contribution in [0.15, 0.2) is 12.7 Å². The maximum Gasteiger partial charge on any atom is 0.133 e. The molecule has 1 fully saturated rings. The summed E-state index contributed by atoms with van der Waals surface area (Å²) < 4.78 is 2.15. The molecule has 1 heterocycles. The number of rotatable bonds is 4. The van der Waals surface area contributed by atoms with Gasteiger partial charge in [-0.25, -0.2) is 0 Å². The third-order valence-electron chi connectivity index (χ3n) is 3.69. The van der Waals surface area contributed by atoms with Crippen LogP contribution < -0.4 is 5.73 Å². The molecule has 4 heteroatoms. The van der Waals surface area contributed by atoms with Crippen molar-refractivity contribution in [2.75, 3.05) is 0 Å². The number of hydrogen-bond acceptors (Lipinski definition) is 3. The van der Waals surface area contributed by atoms with Crippen LogP contribution in [0.1, 0.15) is 37.3 Å². The summed E-state index contributed by atoms with van der Waals surface area (Å²) in [5, 5.41) is 8.44. The monoisotopic (exact) mass is 234 g/mol. The molecule has 2 rings (SSSR count). The van der Waals surface area contributed by atoms with Gasteiger partial charge in [0.05, 0.1) is 0 Å². The minimum Gasteiger partial charge on any atom is -0.328 e. The molecule has 0 amide bonds. The van der Waals surface area contributed by atoms with E-state index in [-0.39, 0.29) is 0 Å². The quantitative estimate of drug-likeness (QED) is 0.809. The molecule has 1 saturated carbocycles. The first-order valence-electron chi connectivity index (χ1n) is 6.46. The second-order valence-electron chi connectivity index (χ2n) is 5.05. The van der Waals surface area contributed by atoms with Gasteiger partial charge in [0, 0.05) is 19.0 Å². The lowest BCUT2D eigenvalue weighted by Gasteiger charge is -2.25. The van der Waals surface area contributed by atoms with E-state index in [0.29, 0.717) is 6.04 Å². The lowest BCUT2D eigenvalue weighted by molar-refractivity contribution is 0.318. The second-order valence-corrected chi connectivity index (χ2v) is 5.05. The summed E-state index contributed by atoms with van der Waals surface area (Å²) in [7, 11) is 0. The van der Waals surface area contributed by atoms with Crippen molar-refractivity contribution in [1.82, 2.24) is 14.8 Å². The number of aryl methyl sites for hydroxylation is 1. The number of allylic oxidation sites excluding steroid dienone is 1. The number of nitrogens with two attached hydrogens (primary N) is 1. The number of hydrogen-bond donors (Lipinski definition) is 1. The molecule has 0 saturated heterocycles. The third kappa shape index (κ3) is 2.94. The van der Waals surface area contributed by atoms with Crippen molar-refractivity contribution in [1.29, 1.82) is 0 Å². The summed E-state index contributed by atoms with van der Waals surface area (Å²) in [4.78, 5) is 0. The molecular formula is C13H22N4. The molecular weight excluding hydrogens is 212 g/mol. The Morgan fingerprint density at radius 1 is 1.35 bits per heavy atom. The Kier molecular flexibility index (Phi) is 3.94. The standard InChI is InChI=1S/C13H22N4/c1-3-8-17-10(2)15-16-13(17)9-11-4-6-12(14)7-5-11/h3,11-12H,1,4-9,14H2,2H3. The van der Waals surface area contributed by atoms with Crippen molar-refractivity contribution >= 4 is 0 Å². The Morgan fingerprint density at radius 2 is 2.06 bits per heavy atom. The smallest absolute Gasteiger partial charge is 0.133 e. The Morgan fingerprint density at radius 3 is 2.71 bits per heavy atom. The van der Waals surface area contributed by atoms with E-state index in [1.54, 1.807) is 0 Å². The highest BCUT2D eigenvalue weighted by Crippen LogP contribution is 2.26. The molecule has 1 aromatic heterocycles. The van der Waals surface area contributed by atoms with E-state index in [0.717, 1.165) is 43.4 Å². The molecule has 0 unspecified atom stereocenters. The first-order chi connectivity index (χ1) is 8.20. The van der Waals surface area contributed by atoms with Gasteiger partial charge in [0.25, 0.3) is 0 Å². The topological polar surface area (TPSA) is 56.7 Å². The first kappa shape index (κ1) is 12.3. The van der Waals surface area contributed by atoms with Crippen molar-refractivity contribution in [3.05, 3.63) is 24.3 Å². The van der Waals surface area contributed by atoms with Crippen LogP contribution in [0.25, 0.3) is 0 Å².